The van der Waals surface area contributed by atoms with E-state index < -0.39 is 17.5 Å². The lowest BCUT2D eigenvalue weighted by molar-refractivity contribution is 0.102. The Bertz CT molecular complexity index is 660. The smallest absolute Gasteiger partial charge is 0.258 e. The molecule has 19 heavy (non-hydrogen) atoms. The highest BCUT2D eigenvalue weighted by Gasteiger charge is 2.12. The molecule has 1 N–H and O–H groups in total. The molecule has 0 aromatic heterocycles. The molecule has 0 aliphatic rings. The minimum Gasteiger partial charge on any atom is -0.322 e. The second kappa shape index (κ2) is 5.27. The van der Waals surface area contributed by atoms with E-state index in [1.165, 1.54) is 24.3 Å². The van der Waals surface area contributed by atoms with E-state index in [0.717, 1.165) is 12.1 Å². The fourth-order valence-corrected chi connectivity index (χ4v) is 1.50. The molecule has 0 atom stereocenters. The van der Waals surface area contributed by atoms with Crippen molar-refractivity contribution < 1.29 is 13.6 Å². The van der Waals surface area contributed by atoms with Gasteiger partial charge >= 0.3 is 0 Å². The molecule has 0 aliphatic heterocycles. The Morgan fingerprint density at radius 3 is 2.37 bits per heavy atom. The molecule has 0 aliphatic carbocycles. The molecule has 0 spiro atoms. The zero-order valence-corrected chi connectivity index (χ0v) is 9.65. The Morgan fingerprint density at radius 1 is 1.11 bits per heavy atom. The van der Waals surface area contributed by atoms with E-state index in [-0.39, 0.29) is 5.56 Å². The molecule has 0 unspecified atom stereocenters. The molecule has 1 amide bonds. The van der Waals surface area contributed by atoms with Crippen LogP contribution >= 0.6 is 0 Å². The van der Waals surface area contributed by atoms with Crippen molar-refractivity contribution in [2.75, 3.05) is 5.32 Å². The van der Waals surface area contributed by atoms with Crippen LogP contribution in [0.5, 0.6) is 0 Å². The molecule has 3 nitrogen and oxygen atoms in total. The van der Waals surface area contributed by atoms with Crippen LogP contribution < -0.4 is 5.32 Å². The van der Waals surface area contributed by atoms with Crippen molar-refractivity contribution in [1.29, 1.82) is 5.26 Å². The monoisotopic (exact) mass is 258 g/mol. The van der Waals surface area contributed by atoms with Crippen molar-refractivity contribution in [2.45, 2.75) is 0 Å². The van der Waals surface area contributed by atoms with Gasteiger partial charge in [-0.05, 0) is 36.4 Å². The van der Waals surface area contributed by atoms with Gasteiger partial charge < -0.3 is 5.32 Å². The Morgan fingerprint density at radius 2 is 1.79 bits per heavy atom. The molecule has 0 fully saturated rings. The Kier molecular flexibility index (Phi) is 3.53. The van der Waals surface area contributed by atoms with Gasteiger partial charge in [0.05, 0.1) is 17.2 Å². The first-order valence-corrected chi connectivity index (χ1v) is 5.37. The summed E-state index contributed by atoms with van der Waals surface area (Å²) < 4.78 is 26.1. The first-order chi connectivity index (χ1) is 9.10. The number of hydrogen-bond donors (Lipinski definition) is 1. The van der Waals surface area contributed by atoms with E-state index in [1.54, 1.807) is 0 Å². The molecule has 2 rings (SSSR count). The van der Waals surface area contributed by atoms with Crippen LogP contribution in [0.15, 0.2) is 42.5 Å². The third-order valence-corrected chi connectivity index (χ3v) is 2.45. The molecule has 0 saturated heterocycles. The van der Waals surface area contributed by atoms with Crippen LogP contribution in [0.2, 0.25) is 0 Å². The molecule has 2 aromatic rings. The Labute approximate surface area is 108 Å². The summed E-state index contributed by atoms with van der Waals surface area (Å²) in [5.74, 6) is -2.35. The van der Waals surface area contributed by atoms with Crippen LogP contribution in [0.4, 0.5) is 14.5 Å². The number of carbonyl (C=O) groups excluding carboxylic acids is 1. The van der Waals surface area contributed by atoms with Crippen molar-refractivity contribution in [1.82, 2.24) is 0 Å². The van der Waals surface area contributed by atoms with Gasteiger partial charge in [0.25, 0.3) is 5.91 Å². The van der Waals surface area contributed by atoms with Gasteiger partial charge in [-0.3, -0.25) is 4.79 Å². The number of carbonyl (C=O) groups is 1. The van der Waals surface area contributed by atoms with Gasteiger partial charge in [-0.2, -0.15) is 5.26 Å². The second-order valence-corrected chi connectivity index (χ2v) is 3.77. The third kappa shape index (κ3) is 2.93. The summed E-state index contributed by atoms with van der Waals surface area (Å²) >= 11 is 0. The first-order valence-electron chi connectivity index (χ1n) is 5.37. The summed E-state index contributed by atoms with van der Waals surface area (Å²) in [7, 11) is 0. The zero-order chi connectivity index (χ0) is 13.8. The van der Waals surface area contributed by atoms with Crippen LogP contribution in [0, 0.1) is 23.0 Å². The maximum atomic E-state index is 13.4. The van der Waals surface area contributed by atoms with E-state index in [1.807, 2.05) is 6.07 Å². The highest BCUT2D eigenvalue weighted by Crippen LogP contribution is 2.14. The van der Waals surface area contributed by atoms with Crippen LogP contribution in [0.1, 0.15) is 15.9 Å². The molecule has 0 heterocycles. The number of benzene rings is 2. The van der Waals surface area contributed by atoms with Gasteiger partial charge in [0.15, 0.2) is 0 Å². The third-order valence-electron chi connectivity index (χ3n) is 2.45. The molecule has 0 radical (unpaired) electrons. The van der Waals surface area contributed by atoms with E-state index in [0.29, 0.717) is 17.3 Å². The number of halogens is 2. The lowest BCUT2D eigenvalue weighted by Gasteiger charge is -2.06. The van der Waals surface area contributed by atoms with Crippen molar-refractivity contribution in [3.63, 3.8) is 0 Å². The number of amides is 1. The predicted molar refractivity (Wildman–Crippen MR) is 65.5 cm³/mol. The highest BCUT2D eigenvalue weighted by atomic mass is 19.1. The Balaban J connectivity index is 2.18. The van der Waals surface area contributed by atoms with Gasteiger partial charge in [0.1, 0.15) is 11.6 Å². The van der Waals surface area contributed by atoms with Crippen LogP contribution in [-0.2, 0) is 0 Å². The summed E-state index contributed by atoms with van der Waals surface area (Å²) in [6.45, 7) is 0. The largest absolute Gasteiger partial charge is 0.322 e. The standard InChI is InChI=1S/C14H8F2N2O/c15-10-3-6-12(13(16)7-10)14(19)18-11-4-1-9(8-17)2-5-11/h1-7H,(H,18,19). The summed E-state index contributed by atoms with van der Waals surface area (Å²) in [5.41, 5.74) is 0.629. The summed E-state index contributed by atoms with van der Waals surface area (Å²) in [5, 5.41) is 11.1. The van der Waals surface area contributed by atoms with Crippen LogP contribution in [0.3, 0.4) is 0 Å². The van der Waals surface area contributed by atoms with Gasteiger partial charge in [-0.25, -0.2) is 8.78 Å². The van der Waals surface area contributed by atoms with Crippen molar-refractivity contribution in [3.8, 4) is 6.07 Å². The predicted octanol–water partition coefficient (Wildman–Crippen LogP) is 3.09. The molecule has 0 bridgehead atoms. The lowest BCUT2D eigenvalue weighted by Crippen LogP contribution is -2.13. The SMILES string of the molecule is N#Cc1ccc(NC(=O)c2ccc(F)cc2F)cc1. The topological polar surface area (TPSA) is 52.9 Å². The molecule has 5 heteroatoms. The average molecular weight is 258 g/mol. The van der Waals surface area contributed by atoms with E-state index in [2.05, 4.69) is 5.32 Å². The summed E-state index contributed by atoms with van der Waals surface area (Å²) in [4.78, 5) is 11.8. The summed E-state index contributed by atoms with van der Waals surface area (Å²) in [6, 6.07) is 10.8. The average Bonchev–Trinajstić information content (AvgIpc) is 2.39. The van der Waals surface area contributed by atoms with E-state index >= 15 is 0 Å². The van der Waals surface area contributed by atoms with Crippen LogP contribution in [-0.4, -0.2) is 5.91 Å². The van der Waals surface area contributed by atoms with Crippen LogP contribution in [0.25, 0.3) is 0 Å². The maximum Gasteiger partial charge on any atom is 0.258 e. The number of hydrogen-bond acceptors (Lipinski definition) is 2. The van der Waals surface area contributed by atoms with Gasteiger partial charge in [-0.1, -0.05) is 0 Å². The van der Waals surface area contributed by atoms with Crippen molar-refractivity contribution >= 4 is 11.6 Å². The minimum absolute atomic E-state index is 0.245. The minimum atomic E-state index is -0.925. The first kappa shape index (κ1) is 12.7. The maximum absolute atomic E-state index is 13.4. The fraction of sp³-hybridized carbons (Fsp3) is 0. The number of nitrogens with one attached hydrogen (secondary N) is 1. The Hall–Kier alpha value is -2.74. The fourth-order valence-electron chi connectivity index (χ4n) is 1.50. The van der Waals surface area contributed by atoms with E-state index in [9.17, 15) is 13.6 Å². The molecule has 0 saturated carbocycles. The summed E-state index contributed by atoms with van der Waals surface area (Å²) in [6.07, 6.45) is 0. The van der Waals surface area contributed by atoms with Crippen molar-refractivity contribution in [3.05, 3.63) is 65.2 Å². The molecular weight excluding hydrogens is 250 g/mol. The zero-order valence-electron chi connectivity index (χ0n) is 9.65. The number of anilines is 1. The normalized spacial score (nSPS) is 9.74. The molecule has 2 aromatic carbocycles. The highest BCUT2D eigenvalue weighted by molar-refractivity contribution is 6.04. The molecule has 94 valence electrons. The quantitative estimate of drug-likeness (QED) is 0.899. The van der Waals surface area contributed by atoms with Gasteiger partial charge in [0, 0.05) is 11.8 Å². The van der Waals surface area contributed by atoms with Crippen molar-refractivity contribution in [2.24, 2.45) is 0 Å². The number of nitriles is 1. The number of rotatable bonds is 2. The molecular formula is C14H8F2N2O. The van der Waals surface area contributed by atoms with Gasteiger partial charge in [0.2, 0.25) is 0 Å². The van der Waals surface area contributed by atoms with E-state index in [4.69, 9.17) is 5.26 Å². The second-order valence-electron chi connectivity index (χ2n) is 3.77. The van der Waals surface area contributed by atoms with Gasteiger partial charge in [-0.15, -0.1) is 0 Å². The lowest BCUT2D eigenvalue weighted by atomic mass is 10.1. The number of nitrogens with zero attached hydrogens (tertiary/aromatic N) is 1.